The molecule has 1 N–H and O–H groups in total. The molecule has 0 saturated heterocycles. The molecule has 4 nitrogen and oxygen atoms in total. The van der Waals surface area contributed by atoms with E-state index in [1.807, 2.05) is 42.5 Å². The lowest BCUT2D eigenvalue weighted by Crippen LogP contribution is -2.10. The lowest BCUT2D eigenvalue weighted by Gasteiger charge is -2.07. The Morgan fingerprint density at radius 2 is 1.81 bits per heavy atom. The van der Waals surface area contributed by atoms with E-state index in [2.05, 4.69) is 24.1 Å². The summed E-state index contributed by atoms with van der Waals surface area (Å²) in [5.74, 6) is 0.369. The maximum absolute atomic E-state index is 12.5. The molecule has 0 fully saturated rings. The van der Waals surface area contributed by atoms with Gasteiger partial charge in [-0.1, -0.05) is 43.6 Å². The fourth-order valence-corrected chi connectivity index (χ4v) is 3.02. The third-order valence-corrected chi connectivity index (χ3v) is 4.56. The monoisotopic (exact) mass is 364 g/mol. The summed E-state index contributed by atoms with van der Waals surface area (Å²) in [6.07, 6.45) is 0. The van der Waals surface area contributed by atoms with Crippen molar-refractivity contribution in [2.24, 2.45) is 0 Å². The van der Waals surface area contributed by atoms with E-state index >= 15 is 0 Å². The summed E-state index contributed by atoms with van der Waals surface area (Å²) >= 11 is 6.01. The van der Waals surface area contributed by atoms with Gasteiger partial charge in [-0.3, -0.25) is 4.79 Å². The van der Waals surface area contributed by atoms with Crippen LogP contribution in [0.25, 0.3) is 22.0 Å². The quantitative estimate of drug-likeness (QED) is 0.484. The third kappa shape index (κ3) is 3.16. The van der Waals surface area contributed by atoms with Crippen LogP contribution in [0.1, 0.15) is 35.9 Å². The van der Waals surface area contributed by atoms with Crippen LogP contribution in [0, 0.1) is 0 Å². The topological polar surface area (TPSA) is 55.1 Å². The van der Waals surface area contributed by atoms with E-state index in [1.54, 1.807) is 12.1 Å². The molecule has 4 aromatic rings. The Hall–Kier alpha value is -2.85. The largest absolute Gasteiger partial charge is 0.433 e. The van der Waals surface area contributed by atoms with Crippen LogP contribution in [0.15, 0.2) is 59.0 Å². The van der Waals surface area contributed by atoms with Gasteiger partial charge in [0.25, 0.3) is 5.91 Å². The molecule has 4 rings (SSSR count). The average molecular weight is 365 g/mol. The summed E-state index contributed by atoms with van der Waals surface area (Å²) in [5, 5.41) is 5.19. The second-order valence-electron chi connectivity index (χ2n) is 6.56. The van der Waals surface area contributed by atoms with Crippen molar-refractivity contribution in [1.82, 2.24) is 4.98 Å². The van der Waals surface area contributed by atoms with Gasteiger partial charge in [-0.15, -0.1) is 0 Å². The van der Waals surface area contributed by atoms with E-state index < -0.39 is 0 Å². The lowest BCUT2D eigenvalue weighted by atomic mass is 10.0. The van der Waals surface area contributed by atoms with E-state index in [0.717, 1.165) is 22.0 Å². The highest BCUT2D eigenvalue weighted by Gasteiger charge is 2.14. The Kier molecular flexibility index (Phi) is 4.13. The van der Waals surface area contributed by atoms with Crippen LogP contribution < -0.4 is 5.32 Å². The zero-order valence-electron chi connectivity index (χ0n) is 14.4. The Labute approximate surface area is 155 Å². The van der Waals surface area contributed by atoms with E-state index in [-0.39, 0.29) is 11.7 Å². The number of furan rings is 1. The molecule has 0 saturated carbocycles. The standard InChI is InChI=1S/C21H17ClN2O2/c1-12(2)13-4-7-17(8-5-13)23-20(25)19-10-15-9-14-3-6-16(22)11-18(14)24-21(15)26-19/h3-12H,1-2H3,(H,23,25). The van der Waals surface area contributed by atoms with E-state index in [4.69, 9.17) is 16.0 Å². The first kappa shape index (κ1) is 16.6. The lowest BCUT2D eigenvalue weighted by molar-refractivity contribution is 0.0998. The van der Waals surface area contributed by atoms with E-state index in [1.165, 1.54) is 5.56 Å². The van der Waals surface area contributed by atoms with Crippen LogP contribution in [0.2, 0.25) is 5.02 Å². The number of fused-ring (bicyclic) bond motifs is 2. The molecule has 1 amide bonds. The molecule has 2 aromatic carbocycles. The van der Waals surface area contributed by atoms with Crippen molar-refractivity contribution in [2.75, 3.05) is 5.32 Å². The maximum atomic E-state index is 12.5. The zero-order valence-corrected chi connectivity index (χ0v) is 15.2. The van der Waals surface area contributed by atoms with Crippen molar-refractivity contribution in [2.45, 2.75) is 19.8 Å². The summed E-state index contributed by atoms with van der Waals surface area (Å²) < 4.78 is 5.65. The minimum absolute atomic E-state index is 0.224. The number of hydrogen-bond donors (Lipinski definition) is 1. The summed E-state index contributed by atoms with van der Waals surface area (Å²) in [7, 11) is 0. The molecule has 0 atom stereocenters. The normalized spacial score (nSPS) is 11.4. The molecule has 0 spiro atoms. The second-order valence-corrected chi connectivity index (χ2v) is 7.00. The predicted molar refractivity (Wildman–Crippen MR) is 105 cm³/mol. The fourth-order valence-electron chi connectivity index (χ4n) is 2.85. The molecule has 0 aliphatic carbocycles. The van der Waals surface area contributed by atoms with Gasteiger partial charge < -0.3 is 9.73 Å². The minimum atomic E-state index is -0.303. The minimum Gasteiger partial charge on any atom is -0.433 e. The Bertz CT molecular complexity index is 1110. The number of carbonyl (C=O) groups excluding carboxylic acids is 1. The summed E-state index contributed by atoms with van der Waals surface area (Å²) in [5.41, 5.74) is 3.10. The third-order valence-electron chi connectivity index (χ3n) is 4.32. The Balaban J connectivity index is 1.63. The molecule has 2 heterocycles. The molecule has 0 radical (unpaired) electrons. The first-order chi connectivity index (χ1) is 12.5. The van der Waals surface area contributed by atoms with E-state index in [0.29, 0.717) is 16.7 Å². The van der Waals surface area contributed by atoms with Crippen LogP contribution in [-0.4, -0.2) is 10.9 Å². The van der Waals surface area contributed by atoms with Gasteiger partial charge in [-0.2, -0.15) is 0 Å². The molecule has 5 heteroatoms. The maximum Gasteiger partial charge on any atom is 0.291 e. The highest BCUT2D eigenvalue weighted by atomic mass is 35.5. The number of halogens is 1. The number of nitrogens with one attached hydrogen (secondary N) is 1. The highest BCUT2D eigenvalue weighted by Crippen LogP contribution is 2.25. The van der Waals surface area contributed by atoms with Gasteiger partial charge in [0.2, 0.25) is 5.71 Å². The zero-order chi connectivity index (χ0) is 18.3. The van der Waals surface area contributed by atoms with E-state index in [9.17, 15) is 4.79 Å². The summed E-state index contributed by atoms with van der Waals surface area (Å²) in [4.78, 5) is 16.9. The Morgan fingerprint density at radius 1 is 1.04 bits per heavy atom. The molecule has 130 valence electrons. The smallest absolute Gasteiger partial charge is 0.291 e. The molecule has 2 aromatic heterocycles. The van der Waals surface area contributed by atoms with Gasteiger partial charge in [0.05, 0.1) is 5.52 Å². The molecule has 0 bridgehead atoms. The van der Waals surface area contributed by atoms with Crippen molar-refractivity contribution < 1.29 is 9.21 Å². The van der Waals surface area contributed by atoms with Gasteiger partial charge in [0, 0.05) is 21.5 Å². The van der Waals surface area contributed by atoms with Crippen molar-refractivity contribution in [3.63, 3.8) is 0 Å². The van der Waals surface area contributed by atoms with Crippen molar-refractivity contribution in [3.8, 4) is 0 Å². The molecule has 0 aliphatic rings. The van der Waals surface area contributed by atoms with Crippen LogP contribution in [0.5, 0.6) is 0 Å². The fraction of sp³-hybridized carbons (Fsp3) is 0.143. The van der Waals surface area contributed by atoms with Gasteiger partial charge in [0.15, 0.2) is 5.76 Å². The van der Waals surface area contributed by atoms with Gasteiger partial charge in [-0.05, 0) is 47.9 Å². The number of carbonyl (C=O) groups is 1. The first-order valence-corrected chi connectivity index (χ1v) is 8.78. The van der Waals surface area contributed by atoms with Crippen molar-refractivity contribution in [1.29, 1.82) is 0 Å². The average Bonchev–Trinajstić information content (AvgIpc) is 3.03. The second kappa shape index (κ2) is 6.46. The number of pyridine rings is 1. The molecule has 0 unspecified atom stereocenters. The SMILES string of the molecule is CC(C)c1ccc(NC(=O)c2cc3cc4ccc(Cl)cc4nc3o2)cc1. The number of anilines is 1. The molecular weight excluding hydrogens is 348 g/mol. The van der Waals surface area contributed by atoms with Crippen LogP contribution >= 0.6 is 11.6 Å². The highest BCUT2D eigenvalue weighted by molar-refractivity contribution is 6.31. The van der Waals surface area contributed by atoms with Crippen LogP contribution in [0.3, 0.4) is 0 Å². The number of benzene rings is 2. The number of aromatic nitrogens is 1. The van der Waals surface area contributed by atoms with Crippen LogP contribution in [0.4, 0.5) is 5.69 Å². The van der Waals surface area contributed by atoms with Gasteiger partial charge in [-0.25, -0.2) is 4.98 Å². The van der Waals surface area contributed by atoms with Gasteiger partial charge >= 0.3 is 0 Å². The number of hydrogen-bond acceptors (Lipinski definition) is 3. The molecular formula is C21H17ClN2O2. The first-order valence-electron chi connectivity index (χ1n) is 8.41. The number of amides is 1. The molecule has 0 aliphatic heterocycles. The van der Waals surface area contributed by atoms with Crippen molar-refractivity contribution >= 4 is 45.2 Å². The predicted octanol–water partition coefficient (Wildman–Crippen LogP) is 6.01. The van der Waals surface area contributed by atoms with Gasteiger partial charge in [0.1, 0.15) is 0 Å². The van der Waals surface area contributed by atoms with Crippen molar-refractivity contribution in [3.05, 3.63) is 70.9 Å². The Morgan fingerprint density at radius 3 is 2.54 bits per heavy atom. The summed E-state index contributed by atoms with van der Waals surface area (Å²) in [6, 6.07) is 16.9. The molecule has 26 heavy (non-hydrogen) atoms. The number of rotatable bonds is 3. The summed E-state index contributed by atoms with van der Waals surface area (Å²) in [6.45, 7) is 4.26. The van der Waals surface area contributed by atoms with Crippen LogP contribution in [-0.2, 0) is 0 Å². The number of nitrogens with zero attached hydrogens (tertiary/aromatic N) is 1.